The summed E-state index contributed by atoms with van der Waals surface area (Å²) in [5.74, 6) is -5.02. The van der Waals surface area contributed by atoms with Crippen LogP contribution in [0.4, 0.5) is 0 Å². The molecule has 1 aliphatic rings. The second kappa shape index (κ2) is 12.2. The van der Waals surface area contributed by atoms with Gasteiger partial charge in [-0.3, -0.25) is 19.5 Å². The van der Waals surface area contributed by atoms with Crippen LogP contribution in [0.2, 0.25) is 0 Å². The Balaban J connectivity index is 0.000000385. The molecule has 5 N–H and O–H groups in total. The van der Waals surface area contributed by atoms with Gasteiger partial charge in [-0.25, -0.2) is 4.79 Å². The SMILES string of the molecule is CCCN(Cc1cccnc1)C1CC(C)(C)NC(C)(C)C1.O=C(O)CC(O)(CC(=O)O)C(=O)O. The predicted octanol–water partition coefficient (Wildman–Crippen LogP) is 2.35. The number of piperidine rings is 1. The molecule has 1 saturated heterocycles. The van der Waals surface area contributed by atoms with Crippen molar-refractivity contribution in [1.82, 2.24) is 15.2 Å². The van der Waals surface area contributed by atoms with Gasteiger partial charge in [0.2, 0.25) is 0 Å². The zero-order valence-electron chi connectivity index (χ0n) is 20.7. The van der Waals surface area contributed by atoms with Crippen molar-refractivity contribution in [2.24, 2.45) is 0 Å². The lowest BCUT2D eigenvalue weighted by molar-refractivity contribution is -0.170. The number of hydrogen-bond donors (Lipinski definition) is 5. The van der Waals surface area contributed by atoms with E-state index in [0.717, 1.165) is 13.1 Å². The van der Waals surface area contributed by atoms with Gasteiger partial charge in [-0.15, -0.1) is 0 Å². The fourth-order valence-corrected chi connectivity index (χ4v) is 4.64. The summed E-state index contributed by atoms with van der Waals surface area (Å²) < 4.78 is 0. The quantitative estimate of drug-likeness (QED) is 0.335. The van der Waals surface area contributed by atoms with Crippen molar-refractivity contribution in [3.05, 3.63) is 30.1 Å². The molecule has 34 heavy (non-hydrogen) atoms. The van der Waals surface area contributed by atoms with Crippen LogP contribution in [0, 0.1) is 0 Å². The number of carboxylic acids is 3. The fraction of sp³-hybridized carbons (Fsp3) is 0.667. The molecule has 10 heteroatoms. The molecule has 0 radical (unpaired) electrons. The van der Waals surface area contributed by atoms with Gasteiger partial charge >= 0.3 is 17.9 Å². The number of rotatable bonds is 10. The van der Waals surface area contributed by atoms with Crippen molar-refractivity contribution in [2.45, 2.75) is 96.0 Å². The van der Waals surface area contributed by atoms with Crippen molar-refractivity contribution in [3.8, 4) is 0 Å². The van der Waals surface area contributed by atoms with E-state index in [2.05, 4.69) is 55.9 Å². The molecule has 0 unspecified atom stereocenters. The normalized spacial score (nSPS) is 17.5. The highest BCUT2D eigenvalue weighted by molar-refractivity contribution is 5.88. The largest absolute Gasteiger partial charge is 0.481 e. The first-order valence-corrected chi connectivity index (χ1v) is 11.4. The average molecular weight is 482 g/mol. The second-order valence-electron chi connectivity index (χ2n) is 10.3. The third-order valence-corrected chi connectivity index (χ3v) is 5.59. The number of carboxylic acid groups (broad SMARTS) is 3. The zero-order chi connectivity index (χ0) is 26.2. The van der Waals surface area contributed by atoms with Gasteiger partial charge < -0.3 is 25.7 Å². The lowest BCUT2D eigenvalue weighted by Crippen LogP contribution is -2.62. The van der Waals surface area contributed by atoms with Crippen LogP contribution < -0.4 is 5.32 Å². The van der Waals surface area contributed by atoms with E-state index in [0.29, 0.717) is 6.04 Å². The lowest BCUT2D eigenvalue weighted by atomic mass is 9.79. The summed E-state index contributed by atoms with van der Waals surface area (Å²) in [7, 11) is 0. The minimum Gasteiger partial charge on any atom is -0.481 e. The van der Waals surface area contributed by atoms with E-state index in [1.807, 2.05) is 18.5 Å². The molecule has 0 bridgehead atoms. The predicted molar refractivity (Wildman–Crippen MR) is 126 cm³/mol. The maximum atomic E-state index is 10.3. The minimum atomic E-state index is -2.74. The number of aliphatic carboxylic acids is 3. The molecule has 10 nitrogen and oxygen atoms in total. The Morgan fingerprint density at radius 1 is 1.09 bits per heavy atom. The van der Waals surface area contributed by atoms with Crippen molar-refractivity contribution in [2.75, 3.05) is 6.54 Å². The van der Waals surface area contributed by atoms with Gasteiger partial charge in [0.15, 0.2) is 5.60 Å². The molecule has 0 saturated carbocycles. The molecular weight excluding hydrogens is 442 g/mol. The lowest BCUT2D eigenvalue weighted by Gasteiger charge is -2.49. The third kappa shape index (κ3) is 10.1. The van der Waals surface area contributed by atoms with E-state index >= 15 is 0 Å². The smallest absolute Gasteiger partial charge is 0.336 e. The Labute approximate surface area is 201 Å². The molecule has 0 spiro atoms. The van der Waals surface area contributed by atoms with Crippen LogP contribution in [0.3, 0.4) is 0 Å². The first-order valence-electron chi connectivity index (χ1n) is 11.4. The van der Waals surface area contributed by atoms with Gasteiger partial charge in [0.1, 0.15) is 0 Å². The standard InChI is InChI=1S/C18H31N3.C6H8O7/c1-6-10-21(14-15-8-7-9-19-13-15)16-11-17(2,3)20-18(4,5)12-16;7-3(8)1-6(13,5(11)12)2-4(9)10/h7-9,13,16,20H,6,10-12,14H2,1-5H3;13H,1-2H2,(H,7,8)(H,9,10)(H,11,12). The molecule has 0 amide bonds. The zero-order valence-corrected chi connectivity index (χ0v) is 20.7. The summed E-state index contributed by atoms with van der Waals surface area (Å²) in [4.78, 5) is 37.4. The highest BCUT2D eigenvalue weighted by atomic mass is 16.4. The molecule has 1 aliphatic heterocycles. The van der Waals surface area contributed by atoms with Gasteiger partial charge in [0, 0.05) is 36.1 Å². The van der Waals surface area contributed by atoms with Crippen LogP contribution in [0.25, 0.3) is 0 Å². The van der Waals surface area contributed by atoms with Crippen molar-refractivity contribution < 1.29 is 34.8 Å². The van der Waals surface area contributed by atoms with Gasteiger partial charge in [0.25, 0.3) is 0 Å². The number of pyridine rings is 1. The third-order valence-electron chi connectivity index (χ3n) is 5.59. The van der Waals surface area contributed by atoms with Crippen LogP contribution in [-0.4, -0.2) is 77.5 Å². The van der Waals surface area contributed by atoms with Crippen molar-refractivity contribution in [3.63, 3.8) is 0 Å². The molecule has 0 atom stereocenters. The summed E-state index contributed by atoms with van der Waals surface area (Å²) in [5.41, 5.74) is -1.02. The first-order chi connectivity index (χ1) is 15.6. The Morgan fingerprint density at radius 3 is 2.00 bits per heavy atom. The van der Waals surface area contributed by atoms with E-state index in [-0.39, 0.29) is 11.1 Å². The van der Waals surface area contributed by atoms with Crippen molar-refractivity contribution >= 4 is 17.9 Å². The molecule has 0 aliphatic carbocycles. The monoisotopic (exact) mass is 481 g/mol. The first kappa shape index (κ1) is 29.5. The van der Waals surface area contributed by atoms with Crippen LogP contribution in [0.15, 0.2) is 24.5 Å². The minimum absolute atomic E-state index is 0.202. The van der Waals surface area contributed by atoms with Crippen LogP contribution >= 0.6 is 0 Å². The van der Waals surface area contributed by atoms with Crippen LogP contribution in [-0.2, 0) is 20.9 Å². The molecular formula is C24H39N3O7. The summed E-state index contributed by atoms with van der Waals surface area (Å²) in [6.45, 7) is 13.8. The highest BCUT2D eigenvalue weighted by Crippen LogP contribution is 2.32. The van der Waals surface area contributed by atoms with Crippen molar-refractivity contribution in [1.29, 1.82) is 0 Å². The fourth-order valence-electron chi connectivity index (χ4n) is 4.64. The van der Waals surface area contributed by atoms with E-state index < -0.39 is 36.4 Å². The Kier molecular flexibility index (Phi) is 10.6. The molecule has 2 rings (SSSR count). The summed E-state index contributed by atoms with van der Waals surface area (Å²) in [5, 5.41) is 37.6. The topological polar surface area (TPSA) is 160 Å². The second-order valence-corrected chi connectivity index (χ2v) is 10.3. The van der Waals surface area contributed by atoms with Gasteiger partial charge in [-0.05, 0) is 65.1 Å². The molecule has 0 aromatic carbocycles. The molecule has 2 heterocycles. The highest BCUT2D eigenvalue weighted by Gasteiger charge is 2.41. The van der Waals surface area contributed by atoms with E-state index in [9.17, 15) is 14.4 Å². The summed E-state index contributed by atoms with van der Waals surface area (Å²) in [6, 6.07) is 4.86. The van der Waals surface area contributed by atoms with Gasteiger partial charge in [-0.1, -0.05) is 13.0 Å². The number of aromatic nitrogens is 1. The molecule has 192 valence electrons. The number of nitrogens with zero attached hydrogens (tertiary/aromatic N) is 2. The van der Waals surface area contributed by atoms with E-state index in [1.54, 1.807) is 0 Å². The maximum absolute atomic E-state index is 10.3. The summed E-state index contributed by atoms with van der Waals surface area (Å²) in [6.07, 6.45) is 5.17. The average Bonchev–Trinajstić information content (AvgIpc) is 2.65. The molecule has 1 fully saturated rings. The number of carbonyl (C=O) groups is 3. The molecule has 1 aromatic heterocycles. The van der Waals surface area contributed by atoms with E-state index in [4.69, 9.17) is 20.4 Å². The van der Waals surface area contributed by atoms with Crippen LogP contribution in [0.5, 0.6) is 0 Å². The van der Waals surface area contributed by atoms with Gasteiger partial charge in [-0.2, -0.15) is 0 Å². The van der Waals surface area contributed by atoms with E-state index in [1.165, 1.54) is 24.8 Å². The Hall–Kier alpha value is -2.56. The van der Waals surface area contributed by atoms with Gasteiger partial charge in [0.05, 0.1) is 12.8 Å². The number of hydrogen-bond acceptors (Lipinski definition) is 7. The summed E-state index contributed by atoms with van der Waals surface area (Å²) >= 11 is 0. The maximum Gasteiger partial charge on any atom is 0.336 e. The molecule has 1 aromatic rings. The Bertz CT molecular complexity index is 795. The van der Waals surface area contributed by atoms with Crippen LogP contribution in [0.1, 0.15) is 72.3 Å². The number of nitrogens with one attached hydrogen (secondary N) is 1. The Morgan fingerprint density at radius 2 is 1.62 bits per heavy atom. The number of aliphatic hydroxyl groups is 1.